The molecule has 1 fully saturated rings. The molecule has 0 saturated carbocycles. The minimum absolute atomic E-state index is 0.106. The van der Waals surface area contributed by atoms with Crippen LogP contribution in [0.1, 0.15) is 18.4 Å². The first-order valence-corrected chi connectivity index (χ1v) is 11.9. The normalized spacial score (nSPS) is 15.7. The Morgan fingerprint density at radius 3 is 2.50 bits per heavy atom. The number of nitrogens with zero attached hydrogens (tertiary/aromatic N) is 2. The molecule has 1 heterocycles. The Kier molecular flexibility index (Phi) is 7.44. The van der Waals surface area contributed by atoms with E-state index in [4.69, 9.17) is 0 Å². The number of hydrogen-bond donors (Lipinski definition) is 0. The van der Waals surface area contributed by atoms with E-state index >= 15 is 0 Å². The molecule has 2 aromatic rings. The highest BCUT2D eigenvalue weighted by Crippen LogP contribution is 2.26. The molecule has 1 aliphatic heterocycles. The second kappa shape index (κ2) is 9.85. The largest absolute Gasteiger partial charge is 0.334 e. The highest BCUT2D eigenvalue weighted by Gasteiger charge is 2.33. The minimum atomic E-state index is -3.56. The Morgan fingerprint density at radius 1 is 1.20 bits per heavy atom. The van der Waals surface area contributed by atoms with Crippen LogP contribution in [0.2, 0.25) is 0 Å². The average molecular weight is 495 g/mol. The van der Waals surface area contributed by atoms with Gasteiger partial charge >= 0.3 is 0 Å². The van der Waals surface area contributed by atoms with Crippen molar-refractivity contribution in [2.24, 2.45) is 5.92 Å². The molecule has 0 N–H and O–H groups in total. The number of piperidine rings is 1. The Hall–Kier alpha value is -2.03. The number of rotatable bonds is 7. The summed E-state index contributed by atoms with van der Waals surface area (Å²) in [6, 6.07) is 12.9. The van der Waals surface area contributed by atoms with Gasteiger partial charge in [0.25, 0.3) is 0 Å². The zero-order chi connectivity index (χ0) is 21.7. The van der Waals surface area contributed by atoms with E-state index in [0.717, 1.165) is 4.47 Å². The van der Waals surface area contributed by atoms with Crippen LogP contribution < -0.4 is 0 Å². The Bertz CT molecular complexity index is 1010. The number of hydrogen-bond acceptors (Lipinski definition) is 3. The monoisotopic (exact) mass is 494 g/mol. The van der Waals surface area contributed by atoms with Crippen LogP contribution in [0.5, 0.6) is 0 Å². The lowest BCUT2D eigenvalue weighted by Gasteiger charge is -2.33. The van der Waals surface area contributed by atoms with Gasteiger partial charge in [-0.2, -0.15) is 4.31 Å². The summed E-state index contributed by atoms with van der Waals surface area (Å²) in [4.78, 5) is 14.9. The SMILES string of the molecule is C=CCN(Cc1cc(Br)ccc1F)C(=O)C1CCN(S(=O)(=O)c2ccccc2)CC1. The van der Waals surface area contributed by atoms with Crippen LogP contribution in [0.3, 0.4) is 0 Å². The first-order valence-electron chi connectivity index (χ1n) is 9.71. The number of halogens is 2. The maximum absolute atomic E-state index is 14.2. The lowest BCUT2D eigenvalue weighted by atomic mass is 9.96. The molecule has 5 nitrogen and oxygen atoms in total. The van der Waals surface area contributed by atoms with Gasteiger partial charge in [0.2, 0.25) is 15.9 Å². The van der Waals surface area contributed by atoms with Gasteiger partial charge in [-0.3, -0.25) is 4.79 Å². The lowest BCUT2D eigenvalue weighted by molar-refractivity contribution is -0.136. The molecule has 160 valence electrons. The third kappa shape index (κ3) is 5.17. The van der Waals surface area contributed by atoms with Crippen molar-refractivity contribution in [3.63, 3.8) is 0 Å². The molecule has 8 heteroatoms. The maximum atomic E-state index is 14.2. The van der Waals surface area contributed by atoms with Crippen molar-refractivity contribution < 1.29 is 17.6 Å². The molecule has 1 amide bonds. The molecule has 0 atom stereocenters. The molecule has 1 aliphatic rings. The van der Waals surface area contributed by atoms with Gasteiger partial charge in [-0.05, 0) is 43.2 Å². The summed E-state index contributed by atoms with van der Waals surface area (Å²) in [5.41, 5.74) is 0.420. The van der Waals surface area contributed by atoms with Crippen LogP contribution in [-0.2, 0) is 21.4 Å². The van der Waals surface area contributed by atoms with Gasteiger partial charge in [0.1, 0.15) is 5.82 Å². The molecule has 0 aromatic heterocycles. The van der Waals surface area contributed by atoms with E-state index < -0.39 is 10.0 Å². The van der Waals surface area contributed by atoms with E-state index in [-0.39, 0.29) is 42.2 Å². The van der Waals surface area contributed by atoms with Gasteiger partial charge in [-0.15, -0.1) is 6.58 Å². The average Bonchev–Trinajstić information content (AvgIpc) is 2.76. The molecule has 30 heavy (non-hydrogen) atoms. The smallest absolute Gasteiger partial charge is 0.243 e. The van der Waals surface area contributed by atoms with Crippen LogP contribution >= 0.6 is 15.9 Å². The fourth-order valence-corrected chi connectivity index (χ4v) is 5.50. The molecule has 0 aliphatic carbocycles. The molecular formula is C22H24BrFN2O3S. The Morgan fingerprint density at radius 2 is 1.87 bits per heavy atom. The number of benzene rings is 2. The summed E-state index contributed by atoms with van der Waals surface area (Å²) in [6.45, 7) is 4.70. The first-order chi connectivity index (χ1) is 14.3. The third-order valence-electron chi connectivity index (χ3n) is 5.21. The number of carbonyl (C=O) groups is 1. The van der Waals surface area contributed by atoms with Crippen molar-refractivity contribution in [3.05, 3.63) is 77.0 Å². The molecule has 0 unspecified atom stereocenters. The predicted molar refractivity (Wildman–Crippen MR) is 118 cm³/mol. The minimum Gasteiger partial charge on any atom is -0.334 e. The zero-order valence-electron chi connectivity index (χ0n) is 16.5. The third-order valence-corrected chi connectivity index (χ3v) is 7.62. The summed E-state index contributed by atoms with van der Waals surface area (Å²) >= 11 is 3.33. The van der Waals surface area contributed by atoms with Gasteiger partial charge in [-0.25, -0.2) is 12.8 Å². The summed E-state index contributed by atoms with van der Waals surface area (Å²) in [6.07, 6.45) is 2.47. The van der Waals surface area contributed by atoms with Crippen molar-refractivity contribution in [2.45, 2.75) is 24.3 Å². The highest BCUT2D eigenvalue weighted by molar-refractivity contribution is 9.10. The first kappa shape index (κ1) is 22.7. The lowest BCUT2D eigenvalue weighted by Crippen LogP contribution is -2.44. The zero-order valence-corrected chi connectivity index (χ0v) is 18.9. The van der Waals surface area contributed by atoms with Crippen LogP contribution in [0.25, 0.3) is 0 Å². The molecule has 1 saturated heterocycles. The standard InChI is InChI=1S/C22H24BrFN2O3S/c1-2-12-25(16-18-15-19(23)8-9-21(18)24)22(27)17-10-13-26(14-11-17)30(28,29)20-6-4-3-5-7-20/h2-9,15,17H,1,10-14,16H2. The van der Waals surface area contributed by atoms with E-state index in [2.05, 4.69) is 22.5 Å². The summed E-state index contributed by atoms with van der Waals surface area (Å²) < 4.78 is 41.9. The quantitative estimate of drug-likeness (QED) is 0.541. The van der Waals surface area contributed by atoms with Gasteiger partial charge in [0, 0.05) is 42.1 Å². The number of amides is 1. The molecule has 3 rings (SSSR count). The highest BCUT2D eigenvalue weighted by atomic mass is 79.9. The second-order valence-corrected chi connectivity index (χ2v) is 10.1. The van der Waals surface area contributed by atoms with Gasteiger partial charge < -0.3 is 4.90 Å². The maximum Gasteiger partial charge on any atom is 0.243 e. The summed E-state index contributed by atoms with van der Waals surface area (Å²) in [5, 5.41) is 0. The van der Waals surface area contributed by atoms with Crippen molar-refractivity contribution in [3.8, 4) is 0 Å². The van der Waals surface area contributed by atoms with Crippen molar-refractivity contribution in [1.82, 2.24) is 9.21 Å². The number of sulfonamides is 1. The molecule has 0 bridgehead atoms. The van der Waals surface area contributed by atoms with E-state index in [0.29, 0.717) is 24.9 Å². The van der Waals surface area contributed by atoms with E-state index in [1.54, 1.807) is 53.4 Å². The topological polar surface area (TPSA) is 57.7 Å². The van der Waals surface area contributed by atoms with Gasteiger partial charge in [0.05, 0.1) is 4.90 Å². The summed E-state index contributed by atoms with van der Waals surface area (Å²) in [7, 11) is -3.56. The fraction of sp³-hybridized carbons (Fsp3) is 0.318. The van der Waals surface area contributed by atoms with Crippen molar-refractivity contribution in [1.29, 1.82) is 0 Å². The molecular weight excluding hydrogens is 471 g/mol. The summed E-state index contributed by atoms with van der Waals surface area (Å²) in [5.74, 6) is -0.780. The van der Waals surface area contributed by atoms with E-state index in [9.17, 15) is 17.6 Å². The molecule has 2 aromatic carbocycles. The fourth-order valence-electron chi connectivity index (χ4n) is 3.60. The Balaban J connectivity index is 1.68. The van der Waals surface area contributed by atoms with Crippen molar-refractivity contribution >= 4 is 31.9 Å². The van der Waals surface area contributed by atoms with Gasteiger partial charge in [-0.1, -0.05) is 40.2 Å². The van der Waals surface area contributed by atoms with Gasteiger partial charge in [0.15, 0.2) is 0 Å². The molecule has 0 spiro atoms. The van der Waals surface area contributed by atoms with Crippen LogP contribution in [-0.4, -0.2) is 43.2 Å². The van der Waals surface area contributed by atoms with Crippen LogP contribution in [0.15, 0.2) is 70.6 Å². The second-order valence-electron chi connectivity index (χ2n) is 7.23. The van der Waals surface area contributed by atoms with E-state index in [1.165, 1.54) is 10.4 Å². The Labute approximate surface area is 185 Å². The van der Waals surface area contributed by atoms with Crippen LogP contribution in [0, 0.1) is 11.7 Å². The van der Waals surface area contributed by atoms with E-state index in [1.807, 2.05) is 0 Å². The molecule has 0 radical (unpaired) electrons. The van der Waals surface area contributed by atoms with Crippen molar-refractivity contribution in [2.75, 3.05) is 19.6 Å². The van der Waals surface area contributed by atoms with Crippen LogP contribution in [0.4, 0.5) is 4.39 Å². The number of carbonyl (C=O) groups excluding carboxylic acids is 1. The predicted octanol–water partition coefficient (Wildman–Crippen LogP) is 4.20.